The summed E-state index contributed by atoms with van der Waals surface area (Å²) in [6.07, 6.45) is 0. The highest BCUT2D eigenvalue weighted by Gasteiger charge is 2.26. The Morgan fingerprint density at radius 2 is 1.68 bits per heavy atom. The SMILES string of the molecule is CCOC(=O)Cn1c(=NC(=O)c2ccc(S(=O)(=O)N(CC(C)C)CC(C)C)cc2)sc2cccc(Cl)c21. The van der Waals surface area contributed by atoms with Gasteiger partial charge in [-0.25, -0.2) is 8.42 Å². The molecule has 0 radical (unpaired) electrons. The highest BCUT2D eigenvalue weighted by molar-refractivity contribution is 7.89. The second-order valence-electron chi connectivity index (χ2n) is 9.41. The van der Waals surface area contributed by atoms with Gasteiger partial charge in [-0.1, -0.05) is 56.7 Å². The molecule has 3 aromatic rings. The van der Waals surface area contributed by atoms with Crippen LogP contribution in [0.5, 0.6) is 0 Å². The zero-order valence-electron chi connectivity index (χ0n) is 21.6. The van der Waals surface area contributed by atoms with Crippen LogP contribution in [0.4, 0.5) is 0 Å². The van der Waals surface area contributed by atoms with Crippen LogP contribution in [0.15, 0.2) is 52.4 Å². The molecule has 0 bridgehead atoms. The summed E-state index contributed by atoms with van der Waals surface area (Å²) >= 11 is 7.61. The number of benzene rings is 2. The van der Waals surface area contributed by atoms with Gasteiger partial charge >= 0.3 is 5.97 Å². The summed E-state index contributed by atoms with van der Waals surface area (Å²) in [7, 11) is -3.72. The topological polar surface area (TPSA) is 98.0 Å². The van der Waals surface area contributed by atoms with Crippen molar-refractivity contribution < 1.29 is 22.7 Å². The maximum absolute atomic E-state index is 13.3. The Morgan fingerprint density at radius 1 is 1.05 bits per heavy atom. The summed E-state index contributed by atoms with van der Waals surface area (Å²) in [5, 5.41) is 0.425. The highest BCUT2D eigenvalue weighted by Crippen LogP contribution is 2.26. The van der Waals surface area contributed by atoms with E-state index in [0.29, 0.717) is 23.6 Å². The Bertz CT molecular complexity index is 1430. The maximum atomic E-state index is 13.3. The third-order valence-corrected chi connectivity index (χ3v) is 8.51. The first-order chi connectivity index (χ1) is 17.4. The van der Waals surface area contributed by atoms with Crippen molar-refractivity contribution in [1.82, 2.24) is 8.87 Å². The van der Waals surface area contributed by atoms with Crippen LogP contribution >= 0.6 is 22.9 Å². The van der Waals surface area contributed by atoms with Gasteiger partial charge in [0.1, 0.15) is 6.54 Å². The van der Waals surface area contributed by atoms with Crippen LogP contribution in [0.3, 0.4) is 0 Å². The number of carbonyl (C=O) groups is 2. The highest BCUT2D eigenvalue weighted by atomic mass is 35.5. The quantitative estimate of drug-likeness (QED) is 0.323. The molecule has 0 aliphatic heterocycles. The van der Waals surface area contributed by atoms with Crippen molar-refractivity contribution in [3.05, 3.63) is 57.9 Å². The molecule has 0 unspecified atom stereocenters. The van der Waals surface area contributed by atoms with E-state index in [1.54, 1.807) is 23.6 Å². The van der Waals surface area contributed by atoms with Crippen LogP contribution in [-0.2, 0) is 26.1 Å². The predicted molar refractivity (Wildman–Crippen MR) is 146 cm³/mol. The van der Waals surface area contributed by atoms with Gasteiger partial charge in [-0.05, 0) is 55.2 Å². The van der Waals surface area contributed by atoms with Gasteiger partial charge in [-0.15, -0.1) is 0 Å². The number of thiazole rings is 1. The first-order valence-electron chi connectivity index (χ1n) is 12.1. The molecule has 0 aliphatic carbocycles. The van der Waals surface area contributed by atoms with E-state index in [1.807, 2.05) is 33.8 Å². The van der Waals surface area contributed by atoms with E-state index in [-0.39, 0.29) is 40.2 Å². The van der Waals surface area contributed by atoms with Crippen molar-refractivity contribution in [3.8, 4) is 0 Å². The van der Waals surface area contributed by atoms with Crippen LogP contribution < -0.4 is 4.80 Å². The standard InChI is InChI=1S/C26H32ClN3O5S2/c1-6-35-23(31)16-30-24-21(27)8-7-9-22(24)36-26(30)28-25(32)19-10-12-20(13-11-19)37(33,34)29(14-17(2)3)15-18(4)5/h7-13,17-18H,6,14-16H2,1-5H3. The molecule has 2 aromatic carbocycles. The van der Waals surface area contributed by atoms with Crippen LogP contribution in [0.1, 0.15) is 45.0 Å². The Morgan fingerprint density at radius 3 is 2.24 bits per heavy atom. The van der Waals surface area contributed by atoms with Crippen molar-refractivity contribution in [2.24, 2.45) is 16.8 Å². The summed E-state index contributed by atoms with van der Waals surface area (Å²) in [6.45, 7) is 10.5. The molecule has 37 heavy (non-hydrogen) atoms. The van der Waals surface area contributed by atoms with Crippen LogP contribution in [-0.4, -0.2) is 48.9 Å². The lowest BCUT2D eigenvalue weighted by atomic mass is 10.2. The van der Waals surface area contributed by atoms with Gasteiger partial charge in [0.05, 0.1) is 26.7 Å². The minimum absolute atomic E-state index is 0.122. The number of carbonyl (C=O) groups excluding carboxylic acids is 2. The molecule has 3 rings (SSSR count). The average Bonchev–Trinajstić information content (AvgIpc) is 3.16. The molecule has 1 amide bonds. The number of nitrogens with zero attached hydrogens (tertiary/aromatic N) is 3. The largest absolute Gasteiger partial charge is 0.465 e. The first kappa shape index (κ1) is 29.0. The summed E-state index contributed by atoms with van der Waals surface area (Å²) in [5.41, 5.74) is 0.815. The number of sulfonamides is 1. The molecule has 0 atom stereocenters. The molecular formula is C26H32ClN3O5S2. The number of aromatic nitrogens is 1. The lowest BCUT2D eigenvalue weighted by molar-refractivity contribution is -0.143. The third-order valence-electron chi connectivity index (χ3n) is 5.32. The van der Waals surface area contributed by atoms with Gasteiger partial charge in [0.15, 0.2) is 4.80 Å². The molecule has 0 saturated heterocycles. The van der Waals surface area contributed by atoms with Crippen molar-refractivity contribution in [2.75, 3.05) is 19.7 Å². The fourth-order valence-corrected chi connectivity index (χ4v) is 6.96. The minimum atomic E-state index is -3.72. The smallest absolute Gasteiger partial charge is 0.326 e. The Labute approximate surface area is 226 Å². The molecular weight excluding hydrogens is 534 g/mol. The summed E-state index contributed by atoms with van der Waals surface area (Å²) in [4.78, 5) is 29.9. The molecule has 0 spiro atoms. The molecule has 0 saturated carbocycles. The lowest BCUT2D eigenvalue weighted by Gasteiger charge is -2.25. The molecule has 0 aliphatic rings. The summed E-state index contributed by atoms with van der Waals surface area (Å²) in [5.74, 6) is -0.697. The van der Waals surface area contributed by atoms with Crippen LogP contribution in [0.2, 0.25) is 5.02 Å². The number of halogens is 1. The van der Waals surface area contributed by atoms with Crippen molar-refractivity contribution >= 4 is 55.1 Å². The normalized spacial score (nSPS) is 12.7. The van der Waals surface area contributed by atoms with E-state index < -0.39 is 21.9 Å². The van der Waals surface area contributed by atoms with E-state index in [0.717, 1.165) is 4.70 Å². The van der Waals surface area contributed by atoms with Gasteiger partial charge in [-0.3, -0.25) is 9.59 Å². The number of esters is 1. The fourth-order valence-electron chi connectivity index (χ4n) is 3.81. The Balaban J connectivity index is 1.97. The van der Waals surface area contributed by atoms with Crippen molar-refractivity contribution in [1.29, 1.82) is 0 Å². The number of amides is 1. The van der Waals surface area contributed by atoms with Gasteiger partial charge in [-0.2, -0.15) is 9.30 Å². The molecule has 200 valence electrons. The molecule has 11 heteroatoms. The first-order valence-corrected chi connectivity index (χ1v) is 14.7. The Hall–Kier alpha value is -2.53. The van der Waals surface area contributed by atoms with Gasteiger partial charge in [0, 0.05) is 18.7 Å². The zero-order valence-corrected chi connectivity index (χ0v) is 24.0. The monoisotopic (exact) mass is 565 g/mol. The molecule has 0 fully saturated rings. The summed E-state index contributed by atoms with van der Waals surface area (Å²) in [6, 6.07) is 11.1. The zero-order chi connectivity index (χ0) is 27.3. The minimum Gasteiger partial charge on any atom is -0.465 e. The van der Waals surface area contributed by atoms with Gasteiger partial charge in [0.25, 0.3) is 5.91 Å². The Kier molecular flexibility index (Phi) is 9.68. The van der Waals surface area contributed by atoms with Gasteiger partial charge in [0.2, 0.25) is 10.0 Å². The van der Waals surface area contributed by atoms with Crippen LogP contribution in [0.25, 0.3) is 10.2 Å². The van der Waals surface area contributed by atoms with E-state index in [9.17, 15) is 18.0 Å². The fraction of sp³-hybridized carbons (Fsp3) is 0.423. The van der Waals surface area contributed by atoms with Crippen LogP contribution in [0, 0.1) is 11.8 Å². The molecule has 0 N–H and O–H groups in total. The molecule has 1 aromatic heterocycles. The second kappa shape index (κ2) is 12.3. The van der Waals surface area contributed by atoms with Gasteiger partial charge < -0.3 is 9.30 Å². The van der Waals surface area contributed by atoms with Crippen molar-refractivity contribution in [3.63, 3.8) is 0 Å². The number of rotatable bonds is 10. The van der Waals surface area contributed by atoms with E-state index >= 15 is 0 Å². The number of fused-ring (bicyclic) bond motifs is 1. The lowest BCUT2D eigenvalue weighted by Crippen LogP contribution is -2.37. The van der Waals surface area contributed by atoms with Crippen molar-refractivity contribution in [2.45, 2.75) is 46.1 Å². The average molecular weight is 566 g/mol. The number of ether oxygens (including phenoxy) is 1. The maximum Gasteiger partial charge on any atom is 0.326 e. The number of hydrogen-bond acceptors (Lipinski definition) is 6. The van der Waals surface area contributed by atoms with E-state index in [4.69, 9.17) is 16.3 Å². The number of para-hydroxylation sites is 1. The molecule has 8 nitrogen and oxygen atoms in total. The summed E-state index contributed by atoms with van der Waals surface area (Å²) < 4.78 is 35.4. The predicted octanol–water partition coefficient (Wildman–Crippen LogP) is 4.96. The van der Waals surface area contributed by atoms with E-state index in [1.165, 1.54) is 39.9 Å². The van der Waals surface area contributed by atoms with E-state index in [2.05, 4.69) is 4.99 Å². The third kappa shape index (κ3) is 7.07. The second-order valence-corrected chi connectivity index (χ2v) is 12.8. The number of hydrogen-bond donors (Lipinski definition) is 0. The molecule has 1 heterocycles.